The summed E-state index contributed by atoms with van der Waals surface area (Å²) in [6.07, 6.45) is 0. The molecule has 0 spiro atoms. The van der Waals surface area contributed by atoms with Gasteiger partial charge in [-0.2, -0.15) is 0 Å². The number of thiazole rings is 1. The Bertz CT molecular complexity index is 1180. The third kappa shape index (κ3) is 5.19. The molecule has 0 bridgehead atoms. The first-order valence-electron chi connectivity index (χ1n) is 8.79. The lowest BCUT2D eigenvalue weighted by Gasteiger charge is -2.13. The zero-order valence-corrected chi connectivity index (χ0v) is 19.5. The van der Waals surface area contributed by atoms with Crippen molar-refractivity contribution in [3.8, 4) is 17.2 Å². The van der Waals surface area contributed by atoms with E-state index in [1.165, 1.54) is 14.2 Å². The van der Waals surface area contributed by atoms with Crippen LogP contribution in [0.1, 0.15) is 9.67 Å². The lowest BCUT2D eigenvalue weighted by molar-refractivity contribution is -0.113. The van der Waals surface area contributed by atoms with Crippen molar-refractivity contribution in [1.29, 1.82) is 0 Å². The summed E-state index contributed by atoms with van der Waals surface area (Å²) in [7, 11) is 3.01. The summed E-state index contributed by atoms with van der Waals surface area (Å²) in [5.74, 6) is -0.0549. The van der Waals surface area contributed by atoms with Gasteiger partial charge in [-0.3, -0.25) is 14.2 Å². The molecule has 31 heavy (non-hydrogen) atoms. The van der Waals surface area contributed by atoms with Gasteiger partial charge in [0.25, 0.3) is 5.91 Å². The van der Waals surface area contributed by atoms with Crippen molar-refractivity contribution >= 4 is 70.1 Å². The second-order valence-electron chi connectivity index (χ2n) is 6.06. The molecular formula is C20H17Cl2N3O4S2. The lowest BCUT2D eigenvalue weighted by atomic mass is 10.2. The fourth-order valence-electron chi connectivity index (χ4n) is 2.72. The molecule has 3 aromatic rings. The molecule has 1 heterocycles. The number of aromatic nitrogens is 1. The number of hydrogen-bond donors (Lipinski definition) is 2. The van der Waals surface area contributed by atoms with Crippen LogP contribution in [-0.2, 0) is 4.79 Å². The number of benzene rings is 2. The van der Waals surface area contributed by atoms with Crippen molar-refractivity contribution in [2.75, 3.05) is 30.7 Å². The van der Waals surface area contributed by atoms with Crippen LogP contribution in [-0.4, -0.2) is 36.5 Å². The Morgan fingerprint density at radius 3 is 2.42 bits per heavy atom. The molecule has 7 nitrogen and oxygen atoms in total. The van der Waals surface area contributed by atoms with Crippen molar-refractivity contribution in [3.05, 3.63) is 56.3 Å². The Hall–Kier alpha value is -2.59. The molecule has 0 radical (unpaired) electrons. The number of ether oxygens (including phenoxy) is 2. The van der Waals surface area contributed by atoms with Crippen LogP contribution in [0.15, 0.2) is 42.5 Å². The molecule has 0 aliphatic rings. The molecule has 0 unspecified atom stereocenters. The van der Waals surface area contributed by atoms with Gasteiger partial charge in [0.2, 0.25) is 5.91 Å². The lowest BCUT2D eigenvalue weighted by Crippen LogP contribution is -2.20. The maximum Gasteiger partial charge on any atom is 0.269 e. The normalized spacial score (nSPS) is 10.5. The van der Waals surface area contributed by atoms with Crippen molar-refractivity contribution in [3.63, 3.8) is 0 Å². The molecule has 3 rings (SSSR count). The van der Waals surface area contributed by atoms with Gasteiger partial charge in [-0.1, -0.05) is 22.9 Å². The molecule has 2 amide bonds. The second-order valence-corrected chi connectivity index (χ2v) is 8.41. The van der Waals surface area contributed by atoms with Crippen LogP contribution in [0.25, 0.3) is 5.69 Å². The van der Waals surface area contributed by atoms with Crippen LogP contribution in [0.2, 0.25) is 5.02 Å². The number of nitrogens with zero attached hydrogens (tertiary/aromatic N) is 1. The summed E-state index contributed by atoms with van der Waals surface area (Å²) >= 11 is 18.2. The molecule has 0 fully saturated rings. The van der Waals surface area contributed by atoms with E-state index in [2.05, 4.69) is 10.6 Å². The number of carbonyl (C=O) groups excluding carboxylic acids is 2. The van der Waals surface area contributed by atoms with E-state index in [4.69, 9.17) is 44.9 Å². The fourth-order valence-corrected chi connectivity index (χ4v) is 4.21. The molecule has 0 saturated carbocycles. The van der Waals surface area contributed by atoms with E-state index >= 15 is 0 Å². The number of hydrogen-bond acceptors (Lipinski definition) is 6. The van der Waals surface area contributed by atoms with E-state index in [0.717, 1.165) is 11.3 Å². The summed E-state index contributed by atoms with van der Waals surface area (Å²) in [4.78, 5) is 25.4. The molecule has 0 aliphatic heterocycles. The summed E-state index contributed by atoms with van der Waals surface area (Å²) in [5, 5.41) is 5.99. The highest BCUT2D eigenvalue weighted by Gasteiger charge is 2.23. The summed E-state index contributed by atoms with van der Waals surface area (Å²) in [6, 6.07) is 11.8. The van der Waals surface area contributed by atoms with Gasteiger partial charge in [0.15, 0.2) is 3.95 Å². The number of halogens is 2. The number of rotatable bonds is 7. The first-order chi connectivity index (χ1) is 14.9. The van der Waals surface area contributed by atoms with E-state index in [9.17, 15) is 9.59 Å². The maximum atomic E-state index is 13.2. The summed E-state index contributed by atoms with van der Waals surface area (Å²) in [6.45, 7) is 0. The van der Waals surface area contributed by atoms with Crippen LogP contribution in [0.3, 0.4) is 0 Å². The first-order valence-corrected chi connectivity index (χ1v) is 10.9. The predicted octanol–water partition coefficient (Wildman–Crippen LogP) is 5.37. The van der Waals surface area contributed by atoms with Gasteiger partial charge in [-0.15, -0.1) is 11.6 Å². The molecule has 0 aliphatic carbocycles. The number of nitrogens with one attached hydrogen (secondary N) is 2. The van der Waals surface area contributed by atoms with Gasteiger partial charge in [-0.05, 0) is 48.6 Å². The molecule has 2 aromatic carbocycles. The van der Waals surface area contributed by atoms with Crippen molar-refractivity contribution in [1.82, 2.24) is 4.57 Å². The van der Waals surface area contributed by atoms with Crippen LogP contribution < -0.4 is 20.1 Å². The van der Waals surface area contributed by atoms with E-state index in [1.54, 1.807) is 47.0 Å². The number of carbonyl (C=O) groups is 2. The first kappa shape index (κ1) is 23.1. The molecular weight excluding hydrogens is 481 g/mol. The minimum absolute atomic E-state index is 0.197. The van der Waals surface area contributed by atoms with Gasteiger partial charge in [-0.25, -0.2) is 0 Å². The molecule has 2 N–H and O–H groups in total. The summed E-state index contributed by atoms with van der Waals surface area (Å²) < 4.78 is 12.5. The highest BCUT2D eigenvalue weighted by molar-refractivity contribution is 7.73. The van der Waals surface area contributed by atoms with E-state index in [0.29, 0.717) is 31.9 Å². The van der Waals surface area contributed by atoms with Crippen LogP contribution >= 0.6 is 46.8 Å². The van der Waals surface area contributed by atoms with Crippen LogP contribution in [0.5, 0.6) is 11.5 Å². The number of alkyl halides is 1. The summed E-state index contributed by atoms with van der Waals surface area (Å²) in [5.41, 5.74) is 1.03. The Morgan fingerprint density at radius 2 is 1.81 bits per heavy atom. The standard InChI is InChI=1S/C20H17Cl2N3O4S2/c1-28-13-7-8-15(29-2)14(9-13)23-19(27)17-18(24-16(26)10-21)25(20(30)31-17)12-5-3-11(22)4-6-12/h3-9H,10H2,1-2H3,(H,23,27)(H,24,26). The second kappa shape index (κ2) is 10.1. The van der Waals surface area contributed by atoms with Gasteiger partial charge in [0.1, 0.15) is 28.1 Å². The largest absolute Gasteiger partial charge is 0.497 e. The Morgan fingerprint density at radius 1 is 1.10 bits per heavy atom. The molecule has 0 atom stereocenters. The third-order valence-electron chi connectivity index (χ3n) is 4.14. The Labute approximate surface area is 197 Å². The van der Waals surface area contributed by atoms with Crippen LogP contribution in [0.4, 0.5) is 11.5 Å². The molecule has 0 saturated heterocycles. The zero-order chi connectivity index (χ0) is 22.5. The molecule has 162 valence electrons. The fraction of sp³-hybridized carbons (Fsp3) is 0.150. The SMILES string of the molecule is COc1ccc(OC)c(NC(=O)c2sc(=S)n(-c3ccc(Cl)cc3)c2NC(=O)CCl)c1. The Balaban J connectivity index is 2.07. The number of methoxy groups -OCH3 is 2. The third-order valence-corrected chi connectivity index (χ3v) is 6.00. The topological polar surface area (TPSA) is 81.6 Å². The van der Waals surface area contributed by atoms with Crippen molar-refractivity contribution < 1.29 is 19.1 Å². The zero-order valence-electron chi connectivity index (χ0n) is 16.4. The average Bonchev–Trinajstić information content (AvgIpc) is 3.09. The quantitative estimate of drug-likeness (QED) is 0.338. The van der Waals surface area contributed by atoms with Gasteiger partial charge < -0.3 is 20.1 Å². The molecule has 11 heteroatoms. The minimum Gasteiger partial charge on any atom is -0.497 e. The maximum absolute atomic E-state index is 13.2. The predicted molar refractivity (Wildman–Crippen MR) is 126 cm³/mol. The van der Waals surface area contributed by atoms with Crippen LogP contribution in [0, 0.1) is 3.95 Å². The van der Waals surface area contributed by atoms with Crippen molar-refractivity contribution in [2.24, 2.45) is 0 Å². The number of amides is 2. The minimum atomic E-state index is -0.486. The van der Waals surface area contributed by atoms with Gasteiger partial charge in [0, 0.05) is 16.8 Å². The average molecular weight is 498 g/mol. The van der Waals surface area contributed by atoms with Crippen molar-refractivity contribution in [2.45, 2.75) is 0 Å². The monoisotopic (exact) mass is 497 g/mol. The highest BCUT2D eigenvalue weighted by Crippen LogP contribution is 2.33. The van der Waals surface area contributed by atoms with E-state index in [-0.39, 0.29) is 16.6 Å². The molecule has 1 aromatic heterocycles. The Kier molecular flexibility index (Phi) is 7.55. The van der Waals surface area contributed by atoms with E-state index in [1.807, 2.05) is 0 Å². The number of anilines is 2. The van der Waals surface area contributed by atoms with Gasteiger partial charge >= 0.3 is 0 Å². The van der Waals surface area contributed by atoms with Gasteiger partial charge in [0.05, 0.1) is 19.9 Å². The van der Waals surface area contributed by atoms with E-state index < -0.39 is 11.8 Å². The smallest absolute Gasteiger partial charge is 0.269 e. The highest BCUT2D eigenvalue weighted by atomic mass is 35.5.